The van der Waals surface area contributed by atoms with E-state index >= 15 is 0 Å². The molecule has 0 bridgehead atoms. The molecule has 0 aliphatic carbocycles. The number of carboxylic acids is 1. The Morgan fingerprint density at radius 1 is 1.00 bits per heavy atom. The van der Waals surface area contributed by atoms with Crippen LogP contribution in [0.15, 0.2) is 60.7 Å². The summed E-state index contributed by atoms with van der Waals surface area (Å²) < 4.78 is 1.57. The quantitative estimate of drug-likeness (QED) is 0.802. The standard InChI is InChI=1S/C16H17NO2S/c18-16(19)15(11-13-7-3-1-4-8-13)17(20)12-14-9-5-2-6-10-14/h1-10,15,20H,11-12H2,(H,18,19). The zero-order valence-corrected chi connectivity index (χ0v) is 11.9. The van der Waals surface area contributed by atoms with Crippen LogP contribution in [0.4, 0.5) is 0 Å². The molecule has 0 amide bonds. The Morgan fingerprint density at radius 2 is 1.50 bits per heavy atom. The first-order chi connectivity index (χ1) is 9.66. The van der Waals surface area contributed by atoms with Gasteiger partial charge in [-0.05, 0) is 17.5 Å². The van der Waals surface area contributed by atoms with Crippen molar-refractivity contribution in [3.05, 3.63) is 71.8 Å². The third-order valence-corrected chi connectivity index (χ3v) is 3.52. The van der Waals surface area contributed by atoms with Crippen molar-refractivity contribution in [2.24, 2.45) is 0 Å². The molecule has 0 heterocycles. The van der Waals surface area contributed by atoms with E-state index in [4.69, 9.17) is 0 Å². The number of carboxylic acid groups (broad SMARTS) is 1. The first-order valence-electron chi connectivity index (χ1n) is 6.43. The van der Waals surface area contributed by atoms with Crippen LogP contribution in [0.25, 0.3) is 0 Å². The van der Waals surface area contributed by atoms with Crippen LogP contribution in [-0.4, -0.2) is 21.4 Å². The van der Waals surface area contributed by atoms with E-state index in [1.807, 2.05) is 60.7 Å². The van der Waals surface area contributed by atoms with Crippen LogP contribution in [0.3, 0.4) is 0 Å². The number of aliphatic carboxylic acids is 1. The summed E-state index contributed by atoms with van der Waals surface area (Å²) in [6.07, 6.45) is 0.437. The van der Waals surface area contributed by atoms with Gasteiger partial charge in [-0.2, -0.15) is 0 Å². The molecule has 20 heavy (non-hydrogen) atoms. The Bertz CT molecular complexity index is 545. The molecule has 0 fully saturated rings. The number of hydrogen-bond acceptors (Lipinski definition) is 3. The van der Waals surface area contributed by atoms with Crippen molar-refractivity contribution < 1.29 is 9.90 Å². The van der Waals surface area contributed by atoms with Crippen LogP contribution in [-0.2, 0) is 17.8 Å². The molecule has 1 N–H and O–H groups in total. The summed E-state index contributed by atoms with van der Waals surface area (Å²) in [7, 11) is 0. The van der Waals surface area contributed by atoms with Crippen LogP contribution in [0, 0.1) is 0 Å². The predicted octanol–water partition coefficient (Wildman–Crippen LogP) is 3.03. The zero-order valence-electron chi connectivity index (χ0n) is 11.0. The highest BCUT2D eigenvalue weighted by Gasteiger charge is 2.23. The third-order valence-electron chi connectivity index (χ3n) is 3.10. The molecule has 104 valence electrons. The first-order valence-corrected chi connectivity index (χ1v) is 6.83. The number of thiol groups is 1. The average molecular weight is 287 g/mol. The second-order valence-corrected chi connectivity index (χ2v) is 5.14. The number of nitrogens with zero attached hydrogens (tertiary/aromatic N) is 1. The molecule has 0 radical (unpaired) electrons. The highest BCUT2D eigenvalue weighted by molar-refractivity contribution is 7.77. The molecular weight excluding hydrogens is 270 g/mol. The fourth-order valence-electron chi connectivity index (χ4n) is 2.04. The predicted molar refractivity (Wildman–Crippen MR) is 82.5 cm³/mol. The lowest BCUT2D eigenvalue weighted by atomic mass is 10.1. The number of rotatable bonds is 6. The minimum absolute atomic E-state index is 0.437. The molecule has 0 aliphatic heterocycles. The van der Waals surface area contributed by atoms with Gasteiger partial charge in [0.15, 0.2) is 0 Å². The van der Waals surface area contributed by atoms with Gasteiger partial charge in [-0.3, -0.25) is 4.79 Å². The molecule has 2 aromatic carbocycles. The summed E-state index contributed by atoms with van der Waals surface area (Å²) in [6.45, 7) is 0.494. The van der Waals surface area contributed by atoms with Crippen LogP contribution in [0.2, 0.25) is 0 Å². The maximum Gasteiger partial charge on any atom is 0.322 e. The van der Waals surface area contributed by atoms with Crippen molar-refractivity contribution >= 4 is 18.8 Å². The van der Waals surface area contributed by atoms with E-state index in [0.29, 0.717) is 13.0 Å². The minimum Gasteiger partial charge on any atom is -0.480 e. The first kappa shape index (κ1) is 14.6. The van der Waals surface area contributed by atoms with Crippen LogP contribution in [0.1, 0.15) is 11.1 Å². The summed E-state index contributed by atoms with van der Waals surface area (Å²) >= 11 is 4.36. The maximum absolute atomic E-state index is 11.4. The van der Waals surface area contributed by atoms with Gasteiger partial charge in [0.2, 0.25) is 0 Å². The van der Waals surface area contributed by atoms with Gasteiger partial charge in [-0.25, -0.2) is 4.31 Å². The summed E-state index contributed by atoms with van der Waals surface area (Å²) in [5.41, 5.74) is 2.04. The van der Waals surface area contributed by atoms with E-state index in [9.17, 15) is 9.90 Å². The van der Waals surface area contributed by atoms with Gasteiger partial charge in [-0.1, -0.05) is 73.5 Å². The Labute approximate surface area is 124 Å². The average Bonchev–Trinajstić information content (AvgIpc) is 2.46. The Balaban J connectivity index is 2.06. The fourth-order valence-corrected chi connectivity index (χ4v) is 2.38. The molecule has 1 unspecified atom stereocenters. The van der Waals surface area contributed by atoms with E-state index in [2.05, 4.69) is 12.8 Å². The Hall–Kier alpha value is -1.78. The van der Waals surface area contributed by atoms with E-state index in [-0.39, 0.29) is 0 Å². The van der Waals surface area contributed by atoms with Crippen LogP contribution >= 0.6 is 12.8 Å². The van der Waals surface area contributed by atoms with Gasteiger partial charge in [0, 0.05) is 6.54 Å². The topological polar surface area (TPSA) is 40.5 Å². The Morgan fingerprint density at radius 3 is 2.00 bits per heavy atom. The lowest BCUT2D eigenvalue weighted by molar-refractivity contribution is -0.141. The summed E-state index contributed by atoms with van der Waals surface area (Å²) in [6, 6.07) is 18.7. The monoisotopic (exact) mass is 287 g/mol. The third kappa shape index (κ3) is 4.11. The second-order valence-electron chi connectivity index (χ2n) is 4.63. The fraction of sp³-hybridized carbons (Fsp3) is 0.188. The number of carbonyl (C=O) groups is 1. The molecule has 0 saturated heterocycles. The molecular formula is C16H17NO2S. The van der Waals surface area contributed by atoms with Crippen molar-refractivity contribution in [3.63, 3.8) is 0 Å². The SMILES string of the molecule is O=C(O)C(Cc1ccccc1)N(S)Cc1ccccc1. The van der Waals surface area contributed by atoms with Gasteiger partial charge in [0.1, 0.15) is 6.04 Å². The van der Waals surface area contributed by atoms with Gasteiger partial charge in [0.05, 0.1) is 0 Å². The molecule has 2 aromatic rings. The van der Waals surface area contributed by atoms with E-state index < -0.39 is 12.0 Å². The minimum atomic E-state index is -0.861. The zero-order chi connectivity index (χ0) is 14.4. The highest BCUT2D eigenvalue weighted by Crippen LogP contribution is 2.15. The van der Waals surface area contributed by atoms with Gasteiger partial charge in [-0.15, -0.1) is 0 Å². The molecule has 1 atom stereocenters. The van der Waals surface area contributed by atoms with Gasteiger partial charge >= 0.3 is 5.97 Å². The van der Waals surface area contributed by atoms with Crippen molar-refractivity contribution in [1.29, 1.82) is 0 Å². The maximum atomic E-state index is 11.4. The number of hydrogen-bond donors (Lipinski definition) is 2. The van der Waals surface area contributed by atoms with Crippen LogP contribution < -0.4 is 0 Å². The van der Waals surface area contributed by atoms with Crippen molar-refractivity contribution in [2.75, 3.05) is 0 Å². The van der Waals surface area contributed by atoms with E-state index in [1.54, 1.807) is 4.31 Å². The summed E-state index contributed by atoms with van der Waals surface area (Å²) in [5.74, 6) is -0.861. The molecule has 0 aliphatic rings. The van der Waals surface area contributed by atoms with Gasteiger partial charge in [0.25, 0.3) is 0 Å². The van der Waals surface area contributed by atoms with E-state index in [0.717, 1.165) is 11.1 Å². The lowest BCUT2D eigenvalue weighted by Gasteiger charge is -2.23. The molecule has 0 aromatic heterocycles. The normalized spacial score (nSPS) is 12.3. The highest BCUT2D eigenvalue weighted by atomic mass is 32.1. The molecule has 0 saturated carbocycles. The molecule has 2 rings (SSSR count). The molecule has 3 nitrogen and oxygen atoms in total. The number of benzene rings is 2. The van der Waals surface area contributed by atoms with Crippen LogP contribution in [0.5, 0.6) is 0 Å². The molecule has 4 heteroatoms. The smallest absolute Gasteiger partial charge is 0.322 e. The van der Waals surface area contributed by atoms with E-state index in [1.165, 1.54) is 0 Å². The summed E-state index contributed by atoms with van der Waals surface area (Å²) in [4.78, 5) is 11.4. The Kier molecular flexibility index (Phi) is 5.21. The molecule has 0 spiro atoms. The lowest BCUT2D eigenvalue weighted by Crippen LogP contribution is -2.36. The van der Waals surface area contributed by atoms with Crippen molar-refractivity contribution in [2.45, 2.75) is 19.0 Å². The second kappa shape index (κ2) is 7.12. The summed E-state index contributed by atoms with van der Waals surface area (Å²) in [5, 5.41) is 9.39. The van der Waals surface area contributed by atoms with Crippen molar-refractivity contribution in [3.8, 4) is 0 Å². The van der Waals surface area contributed by atoms with Gasteiger partial charge < -0.3 is 5.11 Å². The van der Waals surface area contributed by atoms with Crippen molar-refractivity contribution in [1.82, 2.24) is 4.31 Å². The largest absolute Gasteiger partial charge is 0.480 e.